The van der Waals surface area contributed by atoms with Gasteiger partial charge < -0.3 is 9.88 Å². The molecular formula is C11H13N3. The van der Waals surface area contributed by atoms with Gasteiger partial charge in [-0.25, -0.2) is 4.98 Å². The van der Waals surface area contributed by atoms with E-state index >= 15 is 0 Å². The van der Waals surface area contributed by atoms with Crippen LogP contribution >= 0.6 is 0 Å². The van der Waals surface area contributed by atoms with Crippen molar-refractivity contribution in [2.24, 2.45) is 0 Å². The highest BCUT2D eigenvalue weighted by Crippen LogP contribution is 2.21. The first-order valence-electron chi connectivity index (χ1n) is 5.07. The van der Waals surface area contributed by atoms with E-state index in [1.165, 1.54) is 11.8 Å². The van der Waals surface area contributed by atoms with E-state index in [1.54, 1.807) is 0 Å². The number of hydrogen-bond acceptors (Lipinski definition) is 2. The zero-order chi connectivity index (χ0) is 9.38. The molecule has 3 heteroatoms. The first-order chi connectivity index (χ1) is 6.95. The first kappa shape index (κ1) is 8.00. The average molecular weight is 187 g/mol. The predicted octanol–water partition coefficient (Wildman–Crippen LogP) is 1.57. The summed E-state index contributed by atoms with van der Waals surface area (Å²) >= 11 is 0. The zero-order valence-electron chi connectivity index (χ0n) is 7.98. The molecule has 1 aliphatic heterocycles. The summed E-state index contributed by atoms with van der Waals surface area (Å²) in [5, 5.41) is 4.61. The Hall–Kier alpha value is -1.35. The van der Waals surface area contributed by atoms with Crippen molar-refractivity contribution in [3.05, 3.63) is 30.6 Å². The number of rotatable bonds is 1. The van der Waals surface area contributed by atoms with Crippen molar-refractivity contribution in [1.82, 2.24) is 14.9 Å². The van der Waals surface area contributed by atoms with Crippen molar-refractivity contribution in [2.45, 2.75) is 12.5 Å². The van der Waals surface area contributed by atoms with Gasteiger partial charge in [-0.3, -0.25) is 0 Å². The van der Waals surface area contributed by atoms with Gasteiger partial charge in [-0.1, -0.05) is 0 Å². The summed E-state index contributed by atoms with van der Waals surface area (Å²) in [7, 11) is 0. The molecule has 0 aliphatic carbocycles. The molecule has 72 valence electrons. The molecule has 1 saturated heterocycles. The number of fused-ring (bicyclic) bond motifs is 1. The van der Waals surface area contributed by atoms with Crippen LogP contribution in [-0.4, -0.2) is 22.6 Å². The molecule has 0 radical (unpaired) electrons. The molecule has 2 aromatic rings. The highest BCUT2D eigenvalue weighted by atomic mass is 15.1. The zero-order valence-corrected chi connectivity index (χ0v) is 7.98. The number of nitrogens with one attached hydrogen (secondary N) is 1. The lowest BCUT2D eigenvalue weighted by Crippen LogP contribution is -2.12. The molecule has 0 aromatic carbocycles. The smallest absolute Gasteiger partial charge is 0.140 e. The van der Waals surface area contributed by atoms with Gasteiger partial charge in [0.05, 0.1) is 0 Å². The van der Waals surface area contributed by atoms with E-state index in [0.717, 1.165) is 18.7 Å². The number of nitrogens with zero attached hydrogens (tertiary/aromatic N) is 2. The van der Waals surface area contributed by atoms with Crippen LogP contribution in [0.3, 0.4) is 0 Å². The monoisotopic (exact) mass is 187 g/mol. The topological polar surface area (TPSA) is 29.9 Å². The molecule has 1 aliphatic rings. The number of hydrogen-bond donors (Lipinski definition) is 1. The second-order valence-electron chi connectivity index (χ2n) is 3.79. The van der Waals surface area contributed by atoms with E-state index in [2.05, 4.69) is 33.2 Å². The van der Waals surface area contributed by atoms with Gasteiger partial charge in [-0.15, -0.1) is 0 Å². The Labute approximate surface area is 82.8 Å². The van der Waals surface area contributed by atoms with E-state index in [0.29, 0.717) is 6.04 Å². The second-order valence-corrected chi connectivity index (χ2v) is 3.79. The van der Waals surface area contributed by atoms with Crippen LogP contribution in [0.15, 0.2) is 30.6 Å². The molecule has 1 fully saturated rings. The quantitative estimate of drug-likeness (QED) is 0.734. The fraction of sp³-hybridized carbons (Fsp3) is 0.364. The second kappa shape index (κ2) is 3.10. The Bertz CT molecular complexity index is 440. The molecule has 0 bridgehead atoms. The fourth-order valence-corrected chi connectivity index (χ4v) is 2.16. The molecule has 2 aromatic heterocycles. The largest absolute Gasteiger partial charge is 0.328 e. The maximum absolute atomic E-state index is 4.42. The van der Waals surface area contributed by atoms with Gasteiger partial charge in [-0.2, -0.15) is 0 Å². The molecule has 1 atom stereocenters. The lowest BCUT2D eigenvalue weighted by atomic mass is 10.2. The summed E-state index contributed by atoms with van der Waals surface area (Å²) in [6, 6.07) is 6.82. The van der Waals surface area contributed by atoms with Crippen molar-refractivity contribution in [1.29, 1.82) is 0 Å². The standard InChI is InChI=1S/C11H13N3/c1-2-9-4-7-14(11(9)13-5-1)10-3-6-12-8-10/h1-2,4-5,7,10,12H,3,6,8H2/t10-/m1/s1. The van der Waals surface area contributed by atoms with Crippen molar-refractivity contribution in [2.75, 3.05) is 13.1 Å². The summed E-state index contributed by atoms with van der Waals surface area (Å²) < 4.78 is 2.29. The van der Waals surface area contributed by atoms with Gasteiger partial charge in [0, 0.05) is 30.4 Å². The molecule has 0 spiro atoms. The molecule has 3 rings (SSSR count). The third-order valence-electron chi connectivity index (χ3n) is 2.90. The van der Waals surface area contributed by atoms with Crippen LogP contribution in [0.1, 0.15) is 12.5 Å². The van der Waals surface area contributed by atoms with Crippen LogP contribution in [0.25, 0.3) is 11.0 Å². The predicted molar refractivity (Wildman–Crippen MR) is 56.3 cm³/mol. The molecule has 14 heavy (non-hydrogen) atoms. The maximum atomic E-state index is 4.42. The molecule has 0 saturated carbocycles. The van der Waals surface area contributed by atoms with Crippen molar-refractivity contribution in [3.63, 3.8) is 0 Å². The van der Waals surface area contributed by atoms with E-state index in [1.807, 2.05) is 12.3 Å². The molecule has 3 nitrogen and oxygen atoms in total. The Morgan fingerprint density at radius 2 is 2.43 bits per heavy atom. The van der Waals surface area contributed by atoms with E-state index in [-0.39, 0.29) is 0 Å². The van der Waals surface area contributed by atoms with Crippen molar-refractivity contribution >= 4 is 11.0 Å². The highest BCUT2D eigenvalue weighted by molar-refractivity contribution is 5.75. The van der Waals surface area contributed by atoms with Crippen LogP contribution in [0.2, 0.25) is 0 Å². The van der Waals surface area contributed by atoms with Crippen LogP contribution in [0, 0.1) is 0 Å². The summed E-state index contributed by atoms with van der Waals surface area (Å²) in [6.07, 6.45) is 5.22. The molecule has 1 N–H and O–H groups in total. The van der Waals surface area contributed by atoms with E-state index in [4.69, 9.17) is 0 Å². The normalized spacial score (nSPS) is 21.9. The average Bonchev–Trinajstić information content (AvgIpc) is 2.85. The summed E-state index contributed by atoms with van der Waals surface area (Å²) in [5.41, 5.74) is 1.11. The minimum atomic E-state index is 0.586. The minimum absolute atomic E-state index is 0.586. The molecular weight excluding hydrogens is 174 g/mol. The Morgan fingerprint density at radius 1 is 1.43 bits per heavy atom. The van der Waals surface area contributed by atoms with Gasteiger partial charge in [0.15, 0.2) is 0 Å². The van der Waals surface area contributed by atoms with E-state index in [9.17, 15) is 0 Å². The van der Waals surface area contributed by atoms with Crippen molar-refractivity contribution < 1.29 is 0 Å². The van der Waals surface area contributed by atoms with Crippen LogP contribution < -0.4 is 5.32 Å². The van der Waals surface area contributed by atoms with Gasteiger partial charge in [-0.05, 0) is 31.2 Å². The van der Waals surface area contributed by atoms with Gasteiger partial charge >= 0.3 is 0 Å². The number of aromatic nitrogens is 2. The van der Waals surface area contributed by atoms with Crippen LogP contribution in [0.4, 0.5) is 0 Å². The van der Waals surface area contributed by atoms with Gasteiger partial charge in [0.25, 0.3) is 0 Å². The Morgan fingerprint density at radius 3 is 3.29 bits per heavy atom. The lowest BCUT2D eigenvalue weighted by Gasteiger charge is -2.11. The van der Waals surface area contributed by atoms with E-state index < -0.39 is 0 Å². The minimum Gasteiger partial charge on any atom is -0.328 e. The Kier molecular flexibility index (Phi) is 1.77. The lowest BCUT2D eigenvalue weighted by molar-refractivity contribution is 0.562. The van der Waals surface area contributed by atoms with Crippen LogP contribution in [-0.2, 0) is 0 Å². The van der Waals surface area contributed by atoms with Crippen LogP contribution in [0.5, 0.6) is 0 Å². The number of pyridine rings is 1. The maximum Gasteiger partial charge on any atom is 0.140 e. The molecule has 3 heterocycles. The summed E-state index contributed by atoms with van der Waals surface area (Å²) in [4.78, 5) is 4.42. The first-order valence-corrected chi connectivity index (χ1v) is 5.07. The SMILES string of the molecule is c1cnc2c(c1)ccn2[C@@H]1CCNC1. The third kappa shape index (κ3) is 1.13. The molecule has 0 amide bonds. The fourth-order valence-electron chi connectivity index (χ4n) is 2.16. The Balaban J connectivity index is 2.11. The molecule has 0 unspecified atom stereocenters. The van der Waals surface area contributed by atoms with Crippen molar-refractivity contribution in [3.8, 4) is 0 Å². The van der Waals surface area contributed by atoms with Gasteiger partial charge in [0.1, 0.15) is 5.65 Å². The highest BCUT2D eigenvalue weighted by Gasteiger charge is 2.17. The summed E-state index contributed by atoms with van der Waals surface area (Å²) in [5.74, 6) is 0. The summed E-state index contributed by atoms with van der Waals surface area (Å²) in [6.45, 7) is 2.19. The van der Waals surface area contributed by atoms with Gasteiger partial charge in [0.2, 0.25) is 0 Å². The third-order valence-corrected chi connectivity index (χ3v) is 2.90.